The highest BCUT2D eigenvalue weighted by molar-refractivity contribution is 5.84. The Labute approximate surface area is 109 Å². The molecular formula is C14H21N3O. The molecule has 1 N–H and O–H groups in total. The van der Waals surface area contributed by atoms with Gasteiger partial charge in [-0.2, -0.15) is 5.10 Å². The molecule has 0 heterocycles. The summed E-state index contributed by atoms with van der Waals surface area (Å²) in [5, 5.41) is 3.96. The summed E-state index contributed by atoms with van der Waals surface area (Å²) < 4.78 is 0. The van der Waals surface area contributed by atoms with Crippen molar-refractivity contribution >= 4 is 17.8 Å². The van der Waals surface area contributed by atoms with Crippen molar-refractivity contribution < 1.29 is 4.79 Å². The van der Waals surface area contributed by atoms with Gasteiger partial charge in [0, 0.05) is 25.7 Å². The average Bonchev–Trinajstić information content (AvgIpc) is 2.30. The first-order valence-corrected chi connectivity index (χ1v) is 6.02. The highest BCUT2D eigenvalue weighted by Gasteiger charge is 2.04. The summed E-state index contributed by atoms with van der Waals surface area (Å²) in [6.45, 7) is 5.70. The van der Waals surface area contributed by atoms with E-state index in [0.29, 0.717) is 0 Å². The van der Waals surface area contributed by atoms with E-state index in [2.05, 4.69) is 21.5 Å². The molecule has 0 saturated heterocycles. The van der Waals surface area contributed by atoms with Crippen molar-refractivity contribution in [2.75, 3.05) is 19.0 Å². The van der Waals surface area contributed by atoms with Gasteiger partial charge < -0.3 is 4.90 Å². The van der Waals surface area contributed by atoms with Crippen LogP contribution in [0.3, 0.4) is 0 Å². The van der Waals surface area contributed by atoms with Crippen LogP contribution in [-0.4, -0.2) is 26.2 Å². The first-order valence-electron chi connectivity index (χ1n) is 6.02. The summed E-state index contributed by atoms with van der Waals surface area (Å²) in [4.78, 5) is 13.4. The van der Waals surface area contributed by atoms with Gasteiger partial charge in [0.1, 0.15) is 0 Å². The minimum atomic E-state index is -0.0752. The summed E-state index contributed by atoms with van der Waals surface area (Å²) in [5.74, 6) is -0.131. The summed E-state index contributed by atoms with van der Waals surface area (Å²) in [5.41, 5.74) is 5.80. The molecule has 18 heavy (non-hydrogen) atoms. The van der Waals surface area contributed by atoms with E-state index in [1.807, 2.05) is 47.0 Å². The lowest BCUT2D eigenvalue weighted by Gasteiger charge is -2.13. The molecule has 1 rings (SSSR count). The van der Waals surface area contributed by atoms with Crippen LogP contribution in [0.5, 0.6) is 0 Å². The number of benzene rings is 1. The van der Waals surface area contributed by atoms with Crippen LogP contribution in [0.15, 0.2) is 23.3 Å². The molecule has 4 heteroatoms. The molecule has 0 aliphatic heterocycles. The average molecular weight is 247 g/mol. The van der Waals surface area contributed by atoms with Crippen LogP contribution < -0.4 is 10.3 Å². The third-order valence-corrected chi connectivity index (χ3v) is 2.67. The molecule has 0 aliphatic rings. The van der Waals surface area contributed by atoms with E-state index >= 15 is 0 Å². The minimum absolute atomic E-state index is 0.0561. The molecule has 0 aliphatic carbocycles. The van der Waals surface area contributed by atoms with Crippen LogP contribution in [0.4, 0.5) is 5.69 Å². The molecule has 1 aromatic rings. The third kappa shape index (κ3) is 3.87. The molecule has 0 unspecified atom stereocenters. The van der Waals surface area contributed by atoms with E-state index in [4.69, 9.17) is 0 Å². The van der Waals surface area contributed by atoms with Gasteiger partial charge in [-0.3, -0.25) is 4.79 Å². The van der Waals surface area contributed by atoms with Crippen LogP contribution in [0, 0.1) is 12.8 Å². The molecule has 0 bridgehead atoms. The fourth-order valence-electron chi connectivity index (χ4n) is 1.38. The Kier molecular flexibility index (Phi) is 4.89. The van der Waals surface area contributed by atoms with Crippen LogP contribution in [0.1, 0.15) is 25.0 Å². The highest BCUT2D eigenvalue weighted by atomic mass is 16.2. The first-order chi connectivity index (χ1) is 8.41. The smallest absolute Gasteiger partial charge is 0.242 e. The van der Waals surface area contributed by atoms with Gasteiger partial charge in [0.25, 0.3) is 0 Å². The van der Waals surface area contributed by atoms with Gasteiger partial charge in [-0.15, -0.1) is 0 Å². The Morgan fingerprint density at radius 1 is 1.39 bits per heavy atom. The second kappa shape index (κ2) is 6.19. The van der Waals surface area contributed by atoms with E-state index in [-0.39, 0.29) is 11.8 Å². The highest BCUT2D eigenvalue weighted by Crippen LogP contribution is 2.15. The van der Waals surface area contributed by atoms with Crippen molar-refractivity contribution in [2.24, 2.45) is 11.0 Å². The largest absolute Gasteiger partial charge is 0.378 e. The second-order valence-corrected chi connectivity index (χ2v) is 4.82. The molecular weight excluding hydrogens is 226 g/mol. The molecule has 0 aromatic heterocycles. The summed E-state index contributed by atoms with van der Waals surface area (Å²) in [6, 6.07) is 6.11. The zero-order chi connectivity index (χ0) is 13.7. The predicted molar refractivity (Wildman–Crippen MR) is 76.1 cm³/mol. The summed E-state index contributed by atoms with van der Waals surface area (Å²) >= 11 is 0. The second-order valence-electron chi connectivity index (χ2n) is 4.82. The number of nitrogens with zero attached hydrogens (tertiary/aromatic N) is 2. The molecule has 1 aromatic carbocycles. The number of amides is 1. The van der Waals surface area contributed by atoms with Gasteiger partial charge in [0.15, 0.2) is 0 Å². The van der Waals surface area contributed by atoms with E-state index in [0.717, 1.165) is 16.8 Å². The first kappa shape index (κ1) is 14.2. The van der Waals surface area contributed by atoms with Crippen LogP contribution in [0.2, 0.25) is 0 Å². The van der Waals surface area contributed by atoms with Gasteiger partial charge >= 0.3 is 0 Å². The number of hydrazone groups is 1. The van der Waals surface area contributed by atoms with Crippen molar-refractivity contribution in [1.82, 2.24) is 5.43 Å². The Balaban J connectivity index is 2.74. The molecule has 0 fully saturated rings. The number of hydrogen-bond donors (Lipinski definition) is 1. The number of rotatable bonds is 4. The Morgan fingerprint density at radius 3 is 2.56 bits per heavy atom. The normalized spacial score (nSPS) is 11.0. The van der Waals surface area contributed by atoms with Crippen molar-refractivity contribution in [3.63, 3.8) is 0 Å². The predicted octanol–water partition coefficient (Wildman–Crippen LogP) is 2.17. The fourth-order valence-corrected chi connectivity index (χ4v) is 1.38. The van der Waals surface area contributed by atoms with Crippen LogP contribution in [0.25, 0.3) is 0 Å². The molecule has 0 saturated carbocycles. The number of anilines is 1. The zero-order valence-corrected chi connectivity index (χ0v) is 11.7. The SMILES string of the molecule is Cc1cc(N(C)C)ccc1C=NNC(=O)C(C)C. The molecule has 0 atom stereocenters. The van der Waals surface area contributed by atoms with Crippen molar-refractivity contribution in [3.05, 3.63) is 29.3 Å². The van der Waals surface area contributed by atoms with E-state index in [9.17, 15) is 4.79 Å². The lowest BCUT2D eigenvalue weighted by atomic mass is 10.1. The number of aryl methyl sites for hydroxylation is 1. The third-order valence-electron chi connectivity index (χ3n) is 2.67. The Morgan fingerprint density at radius 2 is 2.06 bits per heavy atom. The standard InChI is InChI=1S/C14H21N3O/c1-10(2)14(18)16-15-9-12-6-7-13(17(4)5)8-11(12)3/h6-10H,1-5H3,(H,16,18). The topological polar surface area (TPSA) is 44.7 Å². The number of hydrogen-bond acceptors (Lipinski definition) is 3. The van der Waals surface area contributed by atoms with Crippen molar-refractivity contribution in [1.29, 1.82) is 0 Å². The molecule has 4 nitrogen and oxygen atoms in total. The number of carbonyl (C=O) groups is 1. The molecule has 0 spiro atoms. The van der Waals surface area contributed by atoms with E-state index in [1.165, 1.54) is 0 Å². The maximum atomic E-state index is 11.3. The lowest BCUT2D eigenvalue weighted by molar-refractivity contribution is -0.123. The minimum Gasteiger partial charge on any atom is -0.378 e. The lowest BCUT2D eigenvalue weighted by Crippen LogP contribution is -2.22. The van der Waals surface area contributed by atoms with Gasteiger partial charge in [-0.05, 0) is 30.2 Å². The zero-order valence-electron chi connectivity index (χ0n) is 11.7. The van der Waals surface area contributed by atoms with Gasteiger partial charge in [-0.25, -0.2) is 5.43 Å². The Hall–Kier alpha value is -1.84. The molecule has 98 valence electrons. The van der Waals surface area contributed by atoms with Gasteiger partial charge in [0.2, 0.25) is 5.91 Å². The van der Waals surface area contributed by atoms with Crippen LogP contribution in [-0.2, 0) is 4.79 Å². The monoisotopic (exact) mass is 247 g/mol. The summed E-state index contributed by atoms with van der Waals surface area (Å²) in [6.07, 6.45) is 1.68. The van der Waals surface area contributed by atoms with Crippen LogP contribution >= 0.6 is 0 Å². The molecule has 0 radical (unpaired) electrons. The van der Waals surface area contributed by atoms with E-state index in [1.54, 1.807) is 6.21 Å². The van der Waals surface area contributed by atoms with Crippen molar-refractivity contribution in [3.8, 4) is 0 Å². The van der Waals surface area contributed by atoms with E-state index < -0.39 is 0 Å². The molecule has 1 amide bonds. The van der Waals surface area contributed by atoms with Gasteiger partial charge in [0.05, 0.1) is 6.21 Å². The van der Waals surface area contributed by atoms with Crippen molar-refractivity contribution in [2.45, 2.75) is 20.8 Å². The van der Waals surface area contributed by atoms with Gasteiger partial charge in [-0.1, -0.05) is 19.9 Å². The fraction of sp³-hybridized carbons (Fsp3) is 0.429. The number of nitrogens with one attached hydrogen (secondary N) is 1. The number of carbonyl (C=O) groups excluding carboxylic acids is 1. The maximum absolute atomic E-state index is 11.3. The summed E-state index contributed by atoms with van der Waals surface area (Å²) in [7, 11) is 4.01. The quantitative estimate of drug-likeness (QED) is 0.654. The Bertz CT molecular complexity index is 450. The maximum Gasteiger partial charge on any atom is 0.242 e.